The summed E-state index contributed by atoms with van der Waals surface area (Å²) in [5.41, 5.74) is 5.71. The molecule has 0 aromatic carbocycles. The Labute approximate surface area is 87.8 Å². The zero-order chi connectivity index (χ0) is 9.97. The van der Waals surface area contributed by atoms with E-state index in [1.807, 2.05) is 0 Å². The summed E-state index contributed by atoms with van der Waals surface area (Å²) in [6, 6.07) is 0.715. The lowest BCUT2D eigenvalue weighted by Crippen LogP contribution is -2.53. The van der Waals surface area contributed by atoms with Crippen LogP contribution in [0.25, 0.3) is 0 Å². The van der Waals surface area contributed by atoms with E-state index in [1.54, 1.807) is 0 Å². The Morgan fingerprint density at radius 3 is 2.71 bits per heavy atom. The molecule has 0 radical (unpaired) electrons. The quantitative estimate of drug-likeness (QED) is 0.746. The molecular weight excluding hydrogens is 172 g/mol. The third-order valence-corrected chi connectivity index (χ3v) is 4.08. The first-order valence-corrected chi connectivity index (χ1v) is 6.23. The maximum absolute atomic E-state index is 5.71. The molecule has 0 aromatic heterocycles. The number of rotatable bonds is 3. The second-order valence-corrected chi connectivity index (χ2v) is 5.31. The SMILES string of the molecule is CC1CCCC(CN2CCC2CN)C1. The van der Waals surface area contributed by atoms with Crippen LogP contribution >= 0.6 is 0 Å². The average Bonchev–Trinajstić information content (AvgIpc) is 2.14. The molecule has 1 heterocycles. The summed E-state index contributed by atoms with van der Waals surface area (Å²) in [5.74, 6) is 1.93. The summed E-state index contributed by atoms with van der Waals surface area (Å²) in [4.78, 5) is 2.60. The Balaban J connectivity index is 1.74. The first kappa shape index (κ1) is 10.4. The van der Waals surface area contributed by atoms with Crippen LogP contribution in [-0.2, 0) is 0 Å². The van der Waals surface area contributed by atoms with Crippen molar-refractivity contribution >= 4 is 0 Å². The lowest BCUT2D eigenvalue weighted by molar-refractivity contribution is 0.0629. The molecule has 0 amide bonds. The van der Waals surface area contributed by atoms with Gasteiger partial charge in [0.05, 0.1) is 0 Å². The fourth-order valence-corrected chi connectivity index (χ4v) is 3.06. The van der Waals surface area contributed by atoms with E-state index in [1.165, 1.54) is 45.2 Å². The summed E-state index contributed by atoms with van der Waals surface area (Å²) >= 11 is 0. The minimum atomic E-state index is 0.715. The van der Waals surface area contributed by atoms with E-state index >= 15 is 0 Å². The van der Waals surface area contributed by atoms with Gasteiger partial charge in [0.15, 0.2) is 0 Å². The Bertz CT molecular complexity index is 179. The Morgan fingerprint density at radius 2 is 2.14 bits per heavy atom. The highest BCUT2D eigenvalue weighted by atomic mass is 15.2. The molecule has 1 saturated heterocycles. The maximum atomic E-state index is 5.71. The van der Waals surface area contributed by atoms with E-state index in [2.05, 4.69) is 11.8 Å². The highest BCUT2D eigenvalue weighted by molar-refractivity contribution is 4.85. The molecule has 2 rings (SSSR count). The summed E-state index contributed by atoms with van der Waals surface area (Å²) < 4.78 is 0. The highest BCUT2D eigenvalue weighted by Crippen LogP contribution is 2.31. The van der Waals surface area contributed by atoms with Gasteiger partial charge in [-0.2, -0.15) is 0 Å². The molecule has 2 heteroatoms. The molecular formula is C12H24N2. The Kier molecular flexibility index (Phi) is 3.45. The molecule has 1 aliphatic carbocycles. The lowest BCUT2D eigenvalue weighted by atomic mass is 9.81. The van der Waals surface area contributed by atoms with Crippen LogP contribution < -0.4 is 5.73 Å². The smallest absolute Gasteiger partial charge is 0.0230 e. The van der Waals surface area contributed by atoms with Crippen molar-refractivity contribution in [1.82, 2.24) is 4.90 Å². The monoisotopic (exact) mass is 196 g/mol. The topological polar surface area (TPSA) is 29.3 Å². The van der Waals surface area contributed by atoms with Gasteiger partial charge < -0.3 is 5.73 Å². The third kappa shape index (κ3) is 2.29. The van der Waals surface area contributed by atoms with Crippen molar-refractivity contribution in [3.05, 3.63) is 0 Å². The van der Waals surface area contributed by atoms with E-state index in [4.69, 9.17) is 5.73 Å². The lowest BCUT2D eigenvalue weighted by Gasteiger charge is -2.43. The second kappa shape index (κ2) is 4.63. The van der Waals surface area contributed by atoms with Crippen molar-refractivity contribution in [3.8, 4) is 0 Å². The van der Waals surface area contributed by atoms with Crippen molar-refractivity contribution in [2.24, 2.45) is 17.6 Å². The summed E-state index contributed by atoms with van der Waals surface area (Å²) in [6.45, 7) is 5.89. The minimum Gasteiger partial charge on any atom is -0.329 e. The van der Waals surface area contributed by atoms with Crippen molar-refractivity contribution in [2.45, 2.75) is 45.1 Å². The molecule has 2 nitrogen and oxygen atoms in total. The fraction of sp³-hybridized carbons (Fsp3) is 1.00. The van der Waals surface area contributed by atoms with Crippen molar-refractivity contribution < 1.29 is 0 Å². The predicted octanol–water partition coefficient (Wildman–Crippen LogP) is 1.85. The van der Waals surface area contributed by atoms with E-state index < -0.39 is 0 Å². The molecule has 0 bridgehead atoms. The maximum Gasteiger partial charge on any atom is 0.0230 e. The molecule has 82 valence electrons. The van der Waals surface area contributed by atoms with Crippen LogP contribution in [-0.4, -0.2) is 30.6 Å². The molecule has 0 aromatic rings. The molecule has 3 atom stereocenters. The number of nitrogens with two attached hydrogens (primary N) is 1. The number of hydrogen-bond donors (Lipinski definition) is 1. The van der Waals surface area contributed by atoms with Gasteiger partial charge in [-0.1, -0.05) is 19.8 Å². The van der Waals surface area contributed by atoms with Gasteiger partial charge in [-0.05, 0) is 31.1 Å². The molecule has 14 heavy (non-hydrogen) atoms. The van der Waals surface area contributed by atoms with E-state index in [9.17, 15) is 0 Å². The predicted molar refractivity (Wildman–Crippen MR) is 60.2 cm³/mol. The molecule has 1 aliphatic heterocycles. The van der Waals surface area contributed by atoms with Crippen LogP contribution in [0.5, 0.6) is 0 Å². The van der Waals surface area contributed by atoms with Gasteiger partial charge >= 0.3 is 0 Å². The number of nitrogens with zero attached hydrogens (tertiary/aromatic N) is 1. The van der Waals surface area contributed by atoms with Crippen LogP contribution in [0.2, 0.25) is 0 Å². The van der Waals surface area contributed by atoms with Crippen LogP contribution in [0, 0.1) is 11.8 Å². The van der Waals surface area contributed by atoms with Crippen LogP contribution in [0.4, 0.5) is 0 Å². The summed E-state index contributed by atoms with van der Waals surface area (Å²) in [7, 11) is 0. The fourth-order valence-electron chi connectivity index (χ4n) is 3.06. The van der Waals surface area contributed by atoms with Crippen molar-refractivity contribution in [1.29, 1.82) is 0 Å². The van der Waals surface area contributed by atoms with E-state index in [0.717, 1.165) is 18.4 Å². The normalized spacial score (nSPS) is 39.4. The van der Waals surface area contributed by atoms with Gasteiger partial charge in [0.25, 0.3) is 0 Å². The van der Waals surface area contributed by atoms with Gasteiger partial charge in [0.1, 0.15) is 0 Å². The Hall–Kier alpha value is -0.0800. The van der Waals surface area contributed by atoms with Crippen LogP contribution in [0.15, 0.2) is 0 Å². The zero-order valence-corrected chi connectivity index (χ0v) is 9.41. The van der Waals surface area contributed by atoms with Crippen molar-refractivity contribution in [2.75, 3.05) is 19.6 Å². The molecule has 1 saturated carbocycles. The molecule has 3 unspecified atom stereocenters. The average molecular weight is 196 g/mol. The third-order valence-electron chi connectivity index (χ3n) is 4.08. The summed E-state index contributed by atoms with van der Waals surface area (Å²) in [5, 5.41) is 0. The molecule has 2 fully saturated rings. The number of hydrogen-bond acceptors (Lipinski definition) is 2. The standard InChI is InChI=1S/C12H24N2/c1-10-3-2-4-11(7-10)9-14-6-5-12(14)8-13/h10-12H,2-9,13H2,1H3. The molecule has 0 spiro atoms. The van der Waals surface area contributed by atoms with Crippen LogP contribution in [0.3, 0.4) is 0 Å². The van der Waals surface area contributed by atoms with E-state index in [0.29, 0.717) is 6.04 Å². The molecule has 2 aliphatic rings. The van der Waals surface area contributed by atoms with Gasteiger partial charge in [-0.25, -0.2) is 0 Å². The zero-order valence-electron chi connectivity index (χ0n) is 9.41. The van der Waals surface area contributed by atoms with E-state index in [-0.39, 0.29) is 0 Å². The van der Waals surface area contributed by atoms with Gasteiger partial charge in [0.2, 0.25) is 0 Å². The first-order chi connectivity index (χ1) is 6.79. The Morgan fingerprint density at radius 1 is 1.29 bits per heavy atom. The largest absolute Gasteiger partial charge is 0.329 e. The highest BCUT2D eigenvalue weighted by Gasteiger charge is 2.29. The van der Waals surface area contributed by atoms with Gasteiger partial charge in [-0.15, -0.1) is 0 Å². The number of likely N-dealkylation sites (tertiary alicyclic amines) is 1. The van der Waals surface area contributed by atoms with Gasteiger partial charge in [0, 0.05) is 25.7 Å². The van der Waals surface area contributed by atoms with Crippen molar-refractivity contribution in [3.63, 3.8) is 0 Å². The second-order valence-electron chi connectivity index (χ2n) is 5.31. The molecule has 2 N–H and O–H groups in total. The van der Waals surface area contributed by atoms with Gasteiger partial charge in [-0.3, -0.25) is 4.90 Å². The first-order valence-electron chi connectivity index (χ1n) is 6.23. The summed E-state index contributed by atoms with van der Waals surface area (Å²) in [6.07, 6.45) is 7.15. The minimum absolute atomic E-state index is 0.715. The van der Waals surface area contributed by atoms with Crippen LogP contribution in [0.1, 0.15) is 39.0 Å².